The van der Waals surface area contributed by atoms with Crippen molar-refractivity contribution in [3.05, 3.63) is 0 Å². The van der Waals surface area contributed by atoms with E-state index in [0.29, 0.717) is 0 Å². The van der Waals surface area contributed by atoms with Crippen molar-refractivity contribution in [3.8, 4) is 0 Å². The van der Waals surface area contributed by atoms with Crippen LogP contribution in [0.2, 0.25) is 0 Å². The van der Waals surface area contributed by atoms with Gasteiger partial charge < -0.3 is 4.90 Å². The van der Waals surface area contributed by atoms with Crippen LogP contribution in [0.1, 0.15) is 58.3 Å². The van der Waals surface area contributed by atoms with E-state index in [4.69, 9.17) is 0 Å². The molecule has 1 aliphatic heterocycles. The fraction of sp³-hybridized carbons (Fsp3) is 1.00. The molecule has 2 aliphatic rings. The van der Waals surface area contributed by atoms with Crippen molar-refractivity contribution in [2.75, 3.05) is 13.1 Å². The van der Waals surface area contributed by atoms with Crippen LogP contribution in [-0.2, 0) is 0 Å². The van der Waals surface area contributed by atoms with Crippen molar-refractivity contribution in [2.45, 2.75) is 64.3 Å². The summed E-state index contributed by atoms with van der Waals surface area (Å²) in [5, 5.41) is 0. The monoisotopic (exact) mass is 195 g/mol. The fourth-order valence-electron chi connectivity index (χ4n) is 3.21. The molecule has 0 aromatic carbocycles. The summed E-state index contributed by atoms with van der Waals surface area (Å²) in [6, 6.07) is 0.957. The molecule has 0 radical (unpaired) electrons. The van der Waals surface area contributed by atoms with Crippen LogP contribution < -0.4 is 0 Å². The molecule has 1 heteroatoms. The number of likely N-dealkylation sites (tertiary alicyclic amines) is 1. The van der Waals surface area contributed by atoms with E-state index in [1.54, 1.807) is 0 Å². The van der Waals surface area contributed by atoms with Crippen LogP contribution in [0.25, 0.3) is 0 Å². The highest BCUT2D eigenvalue weighted by Gasteiger charge is 2.25. The third kappa shape index (κ3) is 2.50. The Morgan fingerprint density at radius 3 is 2.50 bits per heavy atom. The minimum atomic E-state index is 0.957. The molecule has 1 nitrogen and oxygen atoms in total. The van der Waals surface area contributed by atoms with Crippen molar-refractivity contribution in [2.24, 2.45) is 5.92 Å². The standard InChI is InChI=1S/C13H25N/c1-2-12-7-6-10-14(11-12)13-8-4-3-5-9-13/h12-13H,2-11H2,1H3. The molecule has 1 saturated carbocycles. The maximum Gasteiger partial charge on any atom is 0.00953 e. The zero-order chi connectivity index (χ0) is 9.80. The fourth-order valence-corrected chi connectivity index (χ4v) is 3.21. The molecule has 1 unspecified atom stereocenters. The van der Waals surface area contributed by atoms with E-state index in [9.17, 15) is 0 Å². The molecule has 0 bridgehead atoms. The molecule has 1 aliphatic carbocycles. The molecule has 0 aromatic heterocycles. The predicted molar refractivity (Wildman–Crippen MR) is 61.5 cm³/mol. The maximum atomic E-state index is 2.80. The zero-order valence-electron chi connectivity index (χ0n) is 9.67. The second-order valence-corrected chi connectivity index (χ2v) is 5.20. The molecule has 1 atom stereocenters. The van der Waals surface area contributed by atoms with Gasteiger partial charge in [0.05, 0.1) is 0 Å². The Morgan fingerprint density at radius 2 is 1.79 bits per heavy atom. The number of nitrogens with zero attached hydrogens (tertiary/aromatic N) is 1. The largest absolute Gasteiger partial charge is 0.300 e. The Labute approximate surface area is 88.9 Å². The molecule has 0 amide bonds. The lowest BCUT2D eigenvalue weighted by Gasteiger charge is -2.39. The minimum absolute atomic E-state index is 0.957. The second-order valence-electron chi connectivity index (χ2n) is 5.20. The first-order chi connectivity index (χ1) is 6.90. The van der Waals surface area contributed by atoms with Crippen LogP contribution >= 0.6 is 0 Å². The smallest absolute Gasteiger partial charge is 0.00953 e. The average molecular weight is 195 g/mol. The minimum Gasteiger partial charge on any atom is -0.300 e. The van der Waals surface area contributed by atoms with Crippen LogP contribution in [0.15, 0.2) is 0 Å². The first-order valence-corrected chi connectivity index (χ1v) is 6.64. The molecule has 2 fully saturated rings. The summed E-state index contributed by atoms with van der Waals surface area (Å²) in [5.74, 6) is 1.01. The molecule has 1 heterocycles. The highest BCUT2D eigenvalue weighted by molar-refractivity contribution is 4.80. The van der Waals surface area contributed by atoms with Crippen molar-refractivity contribution in [1.82, 2.24) is 4.90 Å². The summed E-state index contributed by atoms with van der Waals surface area (Å²) in [6.07, 6.45) is 11.8. The van der Waals surface area contributed by atoms with Crippen LogP contribution in [0, 0.1) is 5.92 Å². The molecule has 2 rings (SSSR count). The average Bonchev–Trinajstić information content (AvgIpc) is 2.30. The molecule has 0 N–H and O–H groups in total. The Morgan fingerprint density at radius 1 is 1.00 bits per heavy atom. The summed E-state index contributed by atoms with van der Waals surface area (Å²) in [6.45, 7) is 5.15. The highest BCUT2D eigenvalue weighted by Crippen LogP contribution is 2.27. The van der Waals surface area contributed by atoms with E-state index in [1.807, 2.05) is 0 Å². The van der Waals surface area contributed by atoms with Crippen LogP contribution in [0.4, 0.5) is 0 Å². The summed E-state index contributed by atoms with van der Waals surface area (Å²) < 4.78 is 0. The van der Waals surface area contributed by atoms with Crippen molar-refractivity contribution >= 4 is 0 Å². The van der Waals surface area contributed by atoms with Gasteiger partial charge in [-0.1, -0.05) is 32.6 Å². The summed E-state index contributed by atoms with van der Waals surface area (Å²) in [4.78, 5) is 2.80. The summed E-state index contributed by atoms with van der Waals surface area (Å²) in [7, 11) is 0. The van der Waals surface area contributed by atoms with Gasteiger partial charge in [0, 0.05) is 12.6 Å². The Bertz CT molecular complexity index is 161. The molecule has 14 heavy (non-hydrogen) atoms. The normalized spacial score (nSPS) is 31.9. The van der Waals surface area contributed by atoms with Gasteiger partial charge in [0.15, 0.2) is 0 Å². The Balaban J connectivity index is 1.83. The van der Waals surface area contributed by atoms with Gasteiger partial charge in [-0.2, -0.15) is 0 Å². The number of rotatable bonds is 2. The van der Waals surface area contributed by atoms with E-state index >= 15 is 0 Å². The molecule has 0 aromatic rings. The van der Waals surface area contributed by atoms with Crippen LogP contribution in [0.3, 0.4) is 0 Å². The lowest BCUT2D eigenvalue weighted by Crippen LogP contribution is -2.43. The highest BCUT2D eigenvalue weighted by atomic mass is 15.2. The maximum absolute atomic E-state index is 2.80. The second kappa shape index (κ2) is 5.16. The summed E-state index contributed by atoms with van der Waals surface area (Å²) in [5.41, 5.74) is 0. The van der Waals surface area contributed by atoms with Crippen molar-refractivity contribution < 1.29 is 0 Å². The molecular weight excluding hydrogens is 170 g/mol. The Kier molecular flexibility index (Phi) is 3.86. The number of piperidine rings is 1. The van der Waals surface area contributed by atoms with Gasteiger partial charge in [0.25, 0.3) is 0 Å². The van der Waals surface area contributed by atoms with Crippen LogP contribution in [-0.4, -0.2) is 24.0 Å². The van der Waals surface area contributed by atoms with E-state index in [2.05, 4.69) is 11.8 Å². The van der Waals surface area contributed by atoms with Gasteiger partial charge in [0.1, 0.15) is 0 Å². The van der Waals surface area contributed by atoms with Crippen molar-refractivity contribution in [3.63, 3.8) is 0 Å². The van der Waals surface area contributed by atoms with Gasteiger partial charge >= 0.3 is 0 Å². The van der Waals surface area contributed by atoms with E-state index in [0.717, 1.165) is 12.0 Å². The topological polar surface area (TPSA) is 3.24 Å². The molecule has 82 valence electrons. The third-order valence-electron chi connectivity index (χ3n) is 4.22. The van der Waals surface area contributed by atoms with Gasteiger partial charge in [-0.25, -0.2) is 0 Å². The Hall–Kier alpha value is -0.0400. The van der Waals surface area contributed by atoms with Gasteiger partial charge in [-0.3, -0.25) is 0 Å². The quantitative estimate of drug-likeness (QED) is 0.652. The molecular formula is C13H25N. The van der Waals surface area contributed by atoms with Gasteiger partial charge in [-0.05, 0) is 38.1 Å². The van der Waals surface area contributed by atoms with E-state index < -0.39 is 0 Å². The third-order valence-corrected chi connectivity index (χ3v) is 4.22. The number of hydrogen-bond acceptors (Lipinski definition) is 1. The zero-order valence-corrected chi connectivity index (χ0v) is 9.67. The predicted octanol–water partition coefficient (Wildman–Crippen LogP) is 3.44. The van der Waals surface area contributed by atoms with Gasteiger partial charge in [-0.15, -0.1) is 0 Å². The SMILES string of the molecule is CCC1CCCN(C2CCCCC2)C1. The summed E-state index contributed by atoms with van der Waals surface area (Å²) >= 11 is 0. The number of hydrogen-bond donors (Lipinski definition) is 0. The van der Waals surface area contributed by atoms with E-state index in [-0.39, 0.29) is 0 Å². The first-order valence-electron chi connectivity index (χ1n) is 6.64. The molecule has 1 saturated heterocycles. The van der Waals surface area contributed by atoms with Crippen molar-refractivity contribution in [1.29, 1.82) is 0 Å². The lowest BCUT2D eigenvalue weighted by atomic mass is 9.89. The van der Waals surface area contributed by atoms with Crippen LogP contribution in [0.5, 0.6) is 0 Å². The lowest BCUT2D eigenvalue weighted by molar-refractivity contribution is 0.0972. The first kappa shape index (κ1) is 10.5. The van der Waals surface area contributed by atoms with Gasteiger partial charge in [0.2, 0.25) is 0 Å². The molecule has 0 spiro atoms. The van der Waals surface area contributed by atoms with E-state index in [1.165, 1.54) is 64.5 Å².